The number of ketones is 1. The summed E-state index contributed by atoms with van der Waals surface area (Å²) in [6.07, 6.45) is -10.5. The second-order valence-electron chi connectivity index (χ2n) is 3.79. The van der Waals surface area contributed by atoms with Crippen molar-refractivity contribution in [1.82, 2.24) is 0 Å². The molecular formula is C11H8F6O3. The SMILES string of the molecule is CC(=O)Cc1cc(OC(F)(F)F)cc(OC(F)(F)F)c1. The normalized spacial score (nSPS) is 12.2. The van der Waals surface area contributed by atoms with Gasteiger partial charge in [0.2, 0.25) is 0 Å². The van der Waals surface area contributed by atoms with Crippen molar-refractivity contribution < 1.29 is 40.6 Å². The molecule has 1 rings (SSSR count). The Bertz CT molecular complexity index is 458. The molecule has 0 bridgehead atoms. The zero-order valence-corrected chi connectivity index (χ0v) is 9.93. The Balaban J connectivity index is 3.10. The van der Waals surface area contributed by atoms with Crippen LogP contribution in [0.1, 0.15) is 12.5 Å². The topological polar surface area (TPSA) is 35.5 Å². The number of benzene rings is 1. The second-order valence-corrected chi connectivity index (χ2v) is 3.79. The van der Waals surface area contributed by atoms with Crippen molar-refractivity contribution >= 4 is 5.78 Å². The van der Waals surface area contributed by atoms with Gasteiger partial charge in [-0.15, -0.1) is 26.3 Å². The van der Waals surface area contributed by atoms with Crippen molar-refractivity contribution in [3.63, 3.8) is 0 Å². The maximum Gasteiger partial charge on any atom is 0.573 e. The predicted octanol–water partition coefficient (Wildman–Crippen LogP) is 3.62. The second kappa shape index (κ2) is 5.59. The van der Waals surface area contributed by atoms with E-state index in [2.05, 4.69) is 9.47 Å². The van der Waals surface area contributed by atoms with Crippen LogP contribution in [0.3, 0.4) is 0 Å². The van der Waals surface area contributed by atoms with E-state index in [1.807, 2.05) is 0 Å². The van der Waals surface area contributed by atoms with Crippen LogP contribution in [0.4, 0.5) is 26.3 Å². The lowest BCUT2D eigenvalue weighted by atomic mass is 10.1. The minimum atomic E-state index is -5.07. The van der Waals surface area contributed by atoms with Gasteiger partial charge in [0.05, 0.1) is 0 Å². The van der Waals surface area contributed by atoms with Crippen LogP contribution in [-0.2, 0) is 11.2 Å². The van der Waals surface area contributed by atoms with Crippen molar-refractivity contribution in [2.24, 2.45) is 0 Å². The average Bonchev–Trinajstić information content (AvgIpc) is 2.08. The molecule has 0 aromatic heterocycles. The van der Waals surface area contributed by atoms with Gasteiger partial charge < -0.3 is 9.47 Å². The van der Waals surface area contributed by atoms with E-state index in [1.54, 1.807) is 0 Å². The van der Waals surface area contributed by atoms with E-state index in [9.17, 15) is 31.1 Å². The van der Waals surface area contributed by atoms with Crippen LogP contribution >= 0.6 is 0 Å². The Morgan fingerprint density at radius 1 is 0.950 bits per heavy atom. The van der Waals surface area contributed by atoms with Gasteiger partial charge in [0.1, 0.15) is 17.3 Å². The maximum atomic E-state index is 12.1. The summed E-state index contributed by atoms with van der Waals surface area (Å²) in [4.78, 5) is 10.9. The summed E-state index contributed by atoms with van der Waals surface area (Å²) in [6.45, 7) is 1.14. The molecule has 0 aliphatic heterocycles. The number of carbonyl (C=O) groups excluding carboxylic acids is 1. The summed E-state index contributed by atoms with van der Waals surface area (Å²) in [7, 11) is 0. The van der Waals surface area contributed by atoms with Crippen molar-refractivity contribution in [1.29, 1.82) is 0 Å². The number of ether oxygens (including phenoxy) is 2. The first-order valence-electron chi connectivity index (χ1n) is 5.09. The fraction of sp³-hybridized carbons (Fsp3) is 0.364. The lowest BCUT2D eigenvalue weighted by Crippen LogP contribution is -2.19. The van der Waals surface area contributed by atoms with Gasteiger partial charge in [-0.25, -0.2) is 0 Å². The molecule has 9 heteroatoms. The van der Waals surface area contributed by atoms with Crippen LogP contribution in [0, 0.1) is 0 Å². The van der Waals surface area contributed by atoms with Crippen molar-refractivity contribution in [3.8, 4) is 11.5 Å². The Morgan fingerprint density at radius 3 is 1.65 bits per heavy atom. The summed E-state index contributed by atoms with van der Waals surface area (Å²) in [5, 5.41) is 0. The summed E-state index contributed by atoms with van der Waals surface area (Å²) < 4.78 is 79.4. The Hall–Kier alpha value is -1.93. The molecule has 0 fully saturated rings. The third-order valence-corrected chi connectivity index (χ3v) is 1.86. The first kappa shape index (κ1) is 16.1. The van der Waals surface area contributed by atoms with Crippen LogP contribution in [0.15, 0.2) is 18.2 Å². The quantitative estimate of drug-likeness (QED) is 0.797. The number of carbonyl (C=O) groups is 1. The summed E-state index contributed by atoms with van der Waals surface area (Å²) in [5.74, 6) is -2.22. The molecule has 0 saturated carbocycles. The highest BCUT2D eigenvalue weighted by Gasteiger charge is 2.33. The Kier molecular flexibility index (Phi) is 4.51. The van der Waals surface area contributed by atoms with E-state index in [0.717, 1.165) is 19.1 Å². The molecule has 0 atom stereocenters. The lowest BCUT2D eigenvalue weighted by molar-refractivity contribution is -0.276. The molecule has 0 unspecified atom stereocenters. The first-order chi connectivity index (χ1) is 8.94. The highest BCUT2D eigenvalue weighted by Crippen LogP contribution is 2.31. The van der Waals surface area contributed by atoms with Crippen molar-refractivity contribution in [3.05, 3.63) is 23.8 Å². The summed E-state index contributed by atoms with van der Waals surface area (Å²) in [6, 6.07) is 2.07. The van der Waals surface area contributed by atoms with Gasteiger partial charge in [0, 0.05) is 12.5 Å². The standard InChI is InChI=1S/C11H8F6O3/c1-6(18)2-7-3-8(19-10(12,13)14)5-9(4-7)20-11(15,16)17/h3-5H,2H2,1H3. The van der Waals surface area contributed by atoms with Gasteiger partial charge in [0.15, 0.2) is 0 Å². The molecule has 0 spiro atoms. The van der Waals surface area contributed by atoms with Crippen LogP contribution in [-0.4, -0.2) is 18.5 Å². The molecule has 112 valence electrons. The van der Waals surface area contributed by atoms with Gasteiger partial charge in [-0.2, -0.15) is 0 Å². The van der Waals surface area contributed by atoms with Crippen LogP contribution < -0.4 is 9.47 Å². The Labute approximate surface area is 109 Å². The summed E-state index contributed by atoms with van der Waals surface area (Å²) >= 11 is 0. The molecule has 20 heavy (non-hydrogen) atoms. The molecule has 0 aliphatic carbocycles. The molecule has 0 aliphatic rings. The number of rotatable bonds is 4. The highest BCUT2D eigenvalue weighted by atomic mass is 19.4. The zero-order valence-electron chi connectivity index (χ0n) is 9.93. The van der Waals surface area contributed by atoms with Crippen molar-refractivity contribution in [2.75, 3.05) is 0 Å². The zero-order chi connectivity index (χ0) is 15.6. The van der Waals surface area contributed by atoms with E-state index < -0.39 is 30.0 Å². The Morgan fingerprint density at radius 2 is 1.35 bits per heavy atom. The number of hydrogen-bond donors (Lipinski definition) is 0. The van der Waals surface area contributed by atoms with Crippen LogP contribution in [0.2, 0.25) is 0 Å². The molecule has 0 radical (unpaired) electrons. The largest absolute Gasteiger partial charge is 0.573 e. The van der Waals surface area contributed by atoms with Crippen LogP contribution in [0.5, 0.6) is 11.5 Å². The van der Waals surface area contributed by atoms with Gasteiger partial charge in [0.25, 0.3) is 0 Å². The molecular weight excluding hydrogens is 294 g/mol. The van der Waals surface area contributed by atoms with E-state index in [4.69, 9.17) is 0 Å². The van der Waals surface area contributed by atoms with E-state index in [1.165, 1.54) is 0 Å². The monoisotopic (exact) mass is 302 g/mol. The van der Waals surface area contributed by atoms with Gasteiger partial charge in [-0.1, -0.05) is 0 Å². The molecule has 0 amide bonds. The third kappa shape index (κ3) is 6.30. The molecule has 3 nitrogen and oxygen atoms in total. The van der Waals surface area contributed by atoms with E-state index in [-0.39, 0.29) is 12.0 Å². The third-order valence-electron chi connectivity index (χ3n) is 1.86. The number of hydrogen-bond acceptors (Lipinski definition) is 3. The molecule has 0 heterocycles. The van der Waals surface area contributed by atoms with E-state index in [0.29, 0.717) is 6.07 Å². The predicted molar refractivity (Wildman–Crippen MR) is 54.2 cm³/mol. The van der Waals surface area contributed by atoms with Gasteiger partial charge >= 0.3 is 12.7 Å². The fourth-order valence-corrected chi connectivity index (χ4v) is 1.41. The van der Waals surface area contributed by atoms with Gasteiger partial charge in [-0.05, 0) is 24.6 Å². The van der Waals surface area contributed by atoms with E-state index >= 15 is 0 Å². The van der Waals surface area contributed by atoms with Crippen molar-refractivity contribution in [2.45, 2.75) is 26.1 Å². The minimum absolute atomic E-state index is 0.0847. The van der Waals surface area contributed by atoms with Gasteiger partial charge in [-0.3, -0.25) is 4.79 Å². The highest BCUT2D eigenvalue weighted by molar-refractivity contribution is 5.78. The van der Waals surface area contributed by atoms with Crippen LogP contribution in [0.25, 0.3) is 0 Å². The molecule has 1 aromatic rings. The first-order valence-corrected chi connectivity index (χ1v) is 5.09. The minimum Gasteiger partial charge on any atom is -0.406 e. The summed E-state index contributed by atoms with van der Waals surface area (Å²) in [5.41, 5.74) is -0.0847. The lowest BCUT2D eigenvalue weighted by Gasteiger charge is -2.14. The molecule has 0 N–H and O–H groups in total. The smallest absolute Gasteiger partial charge is 0.406 e. The number of Topliss-reactive ketones (excluding diaryl/α,β-unsaturated/α-hetero) is 1. The number of halogens is 6. The number of alkyl halides is 6. The maximum absolute atomic E-state index is 12.1. The average molecular weight is 302 g/mol. The molecule has 0 saturated heterocycles. The molecule has 1 aromatic carbocycles. The fourth-order valence-electron chi connectivity index (χ4n) is 1.41.